The van der Waals surface area contributed by atoms with Gasteiger partial charge >= 0.3 is 5.97 Å². The van der Waals surface area contributed by atoms with E-state index in [0.29, 0.717) is 12.8 Å². The van der Waals surface area contributed by atoms with Gasteiger partial charge < -0.3 is 10.8 Å². The van der Waals surface area contributed by atoms with Gasteiger partial charge in [-0.15, -0.1) is 0 Å². The van der Waals surface area contributed by atoms with Gasteiger partial charge in [-0.05, 0) is 12.8 Å². The monoisotopic (exact) mass is 173 g/mol. The molecule has 1 amide bonds. The van der Waals surface area contributed by atoms with Crippen molar-refractivity contribution in [1.82, 2.24) is 0 Å². The van der Waals surface area contributed by atoms with Gasteiger partial charge in [-0.1, -0.05) is 13.8 Å². The summed E-state index contributed by atoms with van der Waals surface area (Å²) in [7, 11) is 0. The first-order chi connectivity index (χ1) is 5.45. The van der Waals surface area contributed by atoms with Crippen LogP contribution in [0, 0.1) is 11.8 Å². The zero-order valence-corrected chi connectivity index (χ0v) is 7.41. The van der Waals surface area contributed by atoms with Gasteiger partial charge in [0.2, 0.25) is 5.91 Å². The molecule has 0 aliphatic rings. The molecule has 0 spiro atoms. The van der Waals surface area contributed by atoms with E-state index in [1.165, 1.54) is 0 Å². The highest BCUT2D eigenvalue weighted by Gasteiger charge is 2.14. The molecule has 0 aliphatic heterocycles. The summed E-state index contributed by atoms with van der Waals surface area (Å²) in [5, 5.41) is 8.52. The zero-order chi connectivity index (χ0) is 9.72. The third kappa shape index (κ3) is 3.95. The summed E-state index contributed by atoms with van der Waals surface area (Å²) in [5.74, 6) is -1.82. The van der Waals surface area contributed by atoms with Crippen molar-refractivity contribution in [2.45, 2.75) is 26.7 Å². The van der Waals surface area contributed by atoms with Crippen molar-refractivity contribution < 1.29 is 14.7 Å². The first-order valence-corrected chi connectivity index (χ1v) is 3.97. The van der Waals surface area contributed by atoms with Gasteiger partial charge in [0.1, 0.15) is 0 Å². The minimum absolute atomic E-state index is 0.230. The Morgan fingerprint density at radius 2 is 1.67 bits per heavy atom. The number of primary amides is 1. The highest BCUT2D eigenvalue weighted by molar-refractivity contribution is 5.76. The minimum Gasteiger partial charge on any atom is -0.481 e. The SMILES string of the molecule is CC(CCC(C)C(=O)O)C(N)=O. The van der Waals surface area contributed by atoms with Crippen molar-refractivity contribution in [2.75, 3.05) is 0 Å². The summed E-state index contributed by atoms with van der Waals surface area (Å²) in [6.45, 7) is 3.33. The maximum Gasteiger partial charge on any atom is 0.306 e. The van der Waals surface area contributed by atoms with Crippen LogP contribution in [0.2, 0.25) is 0 Å². The summed E-state index contributed by atoms with van der Waals surface area (Å²) in [5.41, 5.74) is 5.01. The topological polar surface area (TPSA) is 80.4 Å². The van der Waals surface area contributed by atoms with E-state index in [-0.39, 0.29) is 11.8 Å². The summed E-state index contributed by atoms with van der Waals surface area (Å²) in [6, 6.07) is 0. The van der Waals surface area contributed by atoms with Gasteiger partial charge in [-0.25, -0.2) is 0 Å². The van der Waals surface area contributed by atoms with Crippen molar-refractivity contribution in [2.24, 2.45) is 17.6 Å². The Balaban J connectivity index is 3.68. The van der Waals surface area contributed by atoms with E-state index in [1.54, 1.807) is 13.8 Å². The maximum atomic E-state index is 10.6. The summed E-state index contributed by atoms with van der Waals surface area (Å²) < 4.78 is 0. The van der Waals surface area contributed by atoms with Crippen molar-refractivity contribution in [3.63, 3.8) is 0 Å². The molecule has 0 bridgehead atoms. The summed E-state index contributed by atoms with van der Waals surface area (Å²) >= 11 is 0. The van der Waals surface area contributed by atoms with E-state index in [1.807, 2.05) is 0 Å². The molecule has 0 aromatic rings. The van der Waals surface area contributed by atoms with E-state index < -0.39 is 11.9 Å². The van der Waals surface area contributed by atoms with Crippen molar-refractivity contribution in [3.8, 4) is 0 Å². The molecule has 4 nitrogen and oxygen atoms in total. The van der Waals surface area contributed by atoms with Crippen LogP contribution < -0.4 is 5.73 Å². The number of amides is 1. The first-order valence-electron chi connectivity index (χ1n) is 3.97. The fourth-order valence-corrected chi connectivity index (χ4v) is 0.766. The molecule has 0 heterocycles. The van der Waals surface area contributed by atoms with Crippen molar-refractivity contribution in [3.05, 3.63) is 0 Å². The molecule has 3 N–H and O–H groups in total. The van der Waals surface area contributed by atoms with Gasteiger partial charge in [-0.3, -0.25) is 9.59 Å². The zero-order valence-electron chi connectivity index (χ0n) is 7.41. The second kappa shape index (κ2) is 4.74. The van der Waals surface area contributed by atoms with Gasteiger partial charge in [-0.2, -0.15) is 0 Å². The maximum absolute atomic E-state index is 10.6. The smallest absolute Gasteiger partial charge is 0.306 e. The molecule has 0 aromatic heterocycles. The average molecular weight is 173 g/mol. The van der Waals surface area contributed by atoms with Crippen LogP contribution in [-0.2, 0) is 9.59 Å². The largest absolute Gasteiger partial charge is 0.481 e. The highest BCUT2D eigenvalue weighted by atomic mass is 16.4. The van der Waals surface area contributed by atoms with E-state index in [4.69, 9.17) is 10.8 Å². The predicted octanol–water partition coefficient (Wildman–Crippen LogP) is 0.609. The fourth-order valence-electron chi connectivity index (χ4n) is 0.766. The molecule has 2 unspecified atom stereocenters. The molecule has 12 heavy (non-hydrogen) atoms. The third-order valence-corrected chi connectivity index (χ3v) is 1.94. The highest BCUT2D eigenvalue weighted by Crippen LogP contribution is 2.11. The third-order valence-electron chi connectivity index (χ3n) is 1.94. The lowest BCUT2D eigenvalue weighted by Crippen LogP contribution is -2.21. The molecule has 0 rings (SSSR count). The lowest BCUT2D eigenvalue weighted by Gasteiger charge is -2.08. The second-order valence-electron chi connectivity index (χ2n) is 3.12. The Labute approximate surface area is 71.8 Å². The Kier molecular flexibility index (Phi) is 4.33. The molecule has 4 heteroatoms. The van der Waals surface area contributed by atoms with Crippen LogP contribution in [-0.4, -0.2) is 17.0 Å². The molecule has 0 aromatic carbocycles. The van der Waals surface area contributed by atoms with Crippen LogP contribution >= 0.6 is 0 Å². The van der Waals surface area contributed by atoms with E-state index in [0.717, 1.165) is 0 Å². The average Bonchev–Trinajstić information content (AvgIpc) is 1.98. The van der Waals surface area contributed by atoms with E-state index in [2.05, 4.69) is 0 Å². The minimum atomic E-state index is -0.827. The van der Waals surface area contributed by atoms with Crippen molar-refractivity contribution >= 4 is 11.9 Å². The van der Waals surface area contributed by atoms with Crippen LogP contribution in [0.3, 0.4) is 0 Å². The number of rotatable bonds is 5. The molecular weight excluding hydrogens is 158 g/mol. The number of carbonyl (C=O) groups excluding carboxylic acids is 1. The van der Waals surface area contributed by atoms with E-state index in [9.17, 15) is 9.59 Å². The van der Waals surface area contributed by atoms with Gasteiger partial charge in [0.25, 0.3) is 0 Å². The normalized spacial score (nSPS) is 15.2. The first kappa shape index (κ1) is 10.9. The van der Waals surface area contributed by atoms with Gasteiger partial charge in [0.15, 0.2) is 0 Å². The van der Waals surface area contributed by atoms with Crippen LogP contribution in [0.1, 0.15) is 26.7 Å². The number of nitrogens with two attached hydrogens (primary N) is 1. The number of carboxylic acids is 1. The number of aliphatic carboxylic acids is 1. The Morgan fingerprint density at radius 3 is 2.00 bits per heavy atom. The van der Waals surface area contributed by atoms with E-state index >= 15 is 0 Å². The summed E-state index contributed by atoms with van der Waals surface area (Å²) in [4.78, 5) is 20.9. The predicted molar refractivity (Wildman–Crippen MR) is 44.4 cm³/mol. The molecule has 2 atom stereocenters. The number of hydrogen-bond donors (Lipinski definition) is 2. The quantitative estimate of drug-likeness (QED) is 0.639. The molecule has 0 fully saturated rings. The molecule has 70 valence electrons. The number of carbonyl (C=O) groups is 2. The van der Waals surface area contributed by atoms with Crippen LogP contribution in [0.25, 0.3) is 0 Å². The van der Waals surface area contributed by atoms with Gasteiger partial charge in [0.05, 0.1) is 5.92 Å². The van der Waals surface area contributed by atoms with Crippen LogP contribution in [0.4, 0.5) is 0 Å². The molecular formula is C8H15NO3. The fraction of sp³-hybridized carbons (Fsp3) is 0.750. The lowest BCUT2D eigenvalue weighted by molar-refractivity contribution is -0.141. The lowest BCUT2D eigenvalue weighted by atomic mass is 9.98. The van der Waals surface area contributed by atoms with Crippen molar-refractivity contribution in [1.29, 1.82) is 0 Å². The molecule has 0 saturated carbocycles. The Bertz CT molecular complexity index is 159. The Morgan fingerprint density at radius 1 is 1.25 bits per heavy atom. The molecule has 0 aliphatic carbocycles. The number of hydrogen-bond acceptors (Lipinski definition) is 2. The second-order valence-corrected chi connectivity index (χ2v) is 3.12. The molecule has 0 radical (unpaired) electrons. The van der Waals surface area contributed by atoms with Gasteiger partial charge in [0, 0.05) is 5.92 Å². The number of carboxylic acid groups (broad SMARTS) is 1. The van der Waals surface area contributed by atoms with Crippen LogP contribution in [0.15, 0.2) is 0 Å². The van der Waals surface area contributed by atoms with Crippen LogP contribution in [0.5, 0.6) is 0 Å². The summed E-state index contributed by atoms with van der Waals surface area (Å²) in [6.07, 6.45) is 1.04. The molecule has 0 saturated heterocycles. The Hall–Kier alpha value is -1.06. The standard InChI is InChI=1S/C8H15NO3/c1-5(7(9)10)3-4-6(2)8(11)12/h5-6H,3-4H2,1-2H3,(H2,9,10)(H,11,12).